The van der Waals surface area contributed by atoms with E-state index in [1.807, 2.05) is 4.90 Å². The molecule has 0 aromatic carbocycles. The average molecular weight is 358 g/mol. The number of hydrogen-bond acceptors (Lipinski definition) is 7. The number of carbonyl (C=O) groups is 1. The number of amides is 1. The molecule has 4 rings (SSSR count). The van der Waals surface area contributed by atoms with Crippen LogP contribution in [0.5, 0.6) is 0 Å². The standard InChI is InChI=1S/C17H22N6OS/c1-2-3-14-16(25-21-19-14)17(24)23-10-8-22(9-11-23)15-7-6-13(18-20-15)12-4-5-12/h6-7,12H,2-5,8-11H2,1H3. The molecule has 0 bridgehead atoms. The molecule has 1 aliphatic heterocycles. The largest absolute Gasteiger partial charge is 0.352 e. The minimum atomic E-state index is 0.0632. The molecule has 0 atom stereocenters. The number of anilines is 1. The summed E-state index contributed by atoms with van der Waals surface area (Å²) in [5, 5.41) is 12.8. The Morgan fingerprint density at radius 2 is 1.96 bits per heavy atom. The first-order valence-corrected chi connectivity index (χ1v) is 9.72. The molecule has 7 nitrogen and oxygen atoms in total. The Balaban J connectivity index is 1.37. The Morgan fingerprint density at radius 3 is 2.60 bits per heavy atom. The number of aromatic nitrogens is 4. The van der Waals surface area contributed by atoms with E-state index in [2.05, 4.69) is 43.7 Å². The number of carbonyl (C=O) groups excluding carboxylic acids is 1. The first-order valence-electron chi connectivity index (χ1n) is 8.95. The molecule has 1 saturated heterocycles. The molecule has 0 spiro atoms. The Bertz CT molecular complexity index is 734. The lowest BCUT2D eigenvalue weighted by atomic mass is 10.2. The van der Waals surface area contributed by atoms with Crippen molar-refractivity contribution in [3.63, 3.8) is 0 Å². The van der Waals surface area contributed by atoms with Gasteiger partial charge in [0.25, 0.3) is 5.91 Å². The van der Waals surface area contributed by atoms with Crippen LogP contribution in [0.25, 0.3) is 0 Å². The predicted octanol–water partition coefficient (Wildman–Crippen LogP) is 2.12. The van der Waals surface area contributed by atoms with Crippen LogP contribution in [0, 0.1) is 0 Å². The molecule has 2 aliphatic rings. The number of aryl methyl sites for hydroxylation is 1. The fourth-order valence-electron chi connectivity index (χ4n) is 3.15. The van der Waals surface area contributed by atoms with E-state index in [1.165, 1.54) is 24.4 Å². The lowest BCUT2D eigenvalue weighted by Crippen LogP contribution is -2.49. The zero-order valence-electron chi connectivity index (χ0n) is 14.4. The molecule has 3 heterocycles. The summed E-state index contributed by atoms with van der Waals surface area (Å²) < 4.78 is 3.96. The van der Waals surface area contributed by atoms with E-state index in [0.29, 0.717) is 23.9 Å². The second kappa shape index (κ2) is 7.03. The Morgan fingerprint density at radius 1 is 1.16 bits per heavy atom. The molecule has 1 aliphatic carbocycles. The first kappa shape index (κ1) is 16.4. The zero-order chi connectivity index (χ0) is 17.2. The predicted molar refractivity (Wildman–Crippen MR) is 96.0 cm³/mol. The molecule has 25 heavy (non-hydrogen) atoms. The molecule has 0 radical (unpaired) electrons. The highest BCUT2D eigenvalue weighted by molar-refractivity contribution is 7.08. The fourth-order valence-corrected chi connectivity index (χ4v) is 3.83. The van der Waals surface area contributed by atoms with Gasteiger partial charge < -0.3 is 9.80 Å². The zero-order valence-corrected chi connectivity index (χ0v) is 15.2. The Kier molecular flexibility index (Phi) is 4.61. The van der Waals surface area contributed by atoms with E-state index in [9.17, 15) is 4.79 Å². The van der Waals surface area contributed by atoms with Gasteiger partial charge in [0, 0.05) is 32.1 Å². The summed E-state index contributed by atoms with van der Waals surface area (Å²) in [6.45, 7) is 5.02. The van der Waals surface area contributed by atoms with E-state index in [-0.39, 0.29) is 5.91 Å². The van der Waals surface area contributed by atoms with Crippen molar-refractivity contribution >= 4 is 23.3 Å². The van der Waals surface area contributed by atoms with E-state index >= 15 is 0 Å². The van der Waals surface area contributed by atoms with Gasteiger partial charge in [0.1, 0.15) is 4.88 Å². The van der Waals surface area contributed by atoms with Crippen LogP contribution in [0.1, 0.15) is 53.2 Å². The van der Waals surface area contributed by atoms with Crippen molar-refractivity contribution in [2.45, 2.75) is 38.5 Å². The van der Waals surface area contributed by atoms with Crippen LogP contribution in [0.4, 0.5) is 5.82 Å². The molecule has 1 saturated carbocycles. The Hall–Kier alpha value is -2.09. The van der Waals surface area contributed by atoms with Crippen LogP contribution in [-0.2, 0) is 6.42 Å². The van der Waals surface area contributed by atoms with Gasteiger partial charge in [-0.05, 0) is 42.9 Å². The maximum Gasteiger partial charge on any atom is 0.267 e. The molecule has 0 unspecified atom stereocenters. The summed E-state index contributed by atoms with van der Waals surface area (Å²) in [5.74, 6) is 1.59. The van der Waals surface area contributed by atoms with E-state index in [1.54, 1.807) is 0 Å². The molecular weight excluding hydrogens is 336 g/mol. The topological polar surface area (TPSA) is 75.1 Å². The molecule has 132 valence electrons. The summed E-state index contributed by atoms with van der Waals surface area (Å²) >= 11 is 1.21. The van der Waals surface area contributed by atoms with Crippen molar-refractivity contribution in [1.82, 2.24) is 24.7 Å². The van der Waals surface area contributed by atoms with Crippen molar-refractivity contribution < 1.29 is 4.79 Å². The highest BCUT2D eigenvalue weighted by Crippen LogP contribution is 2.38. The van der Waals surface area contributed by atoms with Gasteiger partial charge >= 0.3 is 0 Å². The van der Waals surface area contributed by atoms with Crippen LogP contribution < -0.4 is 4.90 Å². The minimum Gasteiger partial charge on any atom is -0.352 e. The molecule has 0 N–H and O–H groups in total. The van der Waals surface area contributed by atoms with Gasteiger partial charge in [0.2, 0.25) is 0 Å². The highest BCUT2D eigenvalue weighted by atomic mass is 32.1. The van der Waals surface area contributed by atoms with Gasteiger partial charge in [-0.1, -0.05) is 17.8 Å². The molecule has 8 heteroatoms. The fraction of sp³-hybridized carbons (Fsp3) is 0.588. The third-order valence-electron chi connectivity index (χ3n) is 4.79. The average Bonchev–Trinajstić information content (AvgIpc) is 3.41. The van der Waals surface area contributed by atoms with Crippen molar-refractivity contribution in [3.8, 4) is 0 Å². The number of nitrogens with zero attached hydrogens (tertiary/aromatic N) is 6. The van der Waals surface area contributed by atoms with Gasteiger partial charge in [0.05, 0.1) is 11.4 Å². The lowest BCUT2D eigenvalue weighted by Gasteiger charge is -2.35. The van der Waals surface area contributed by atoms with Crippen LogP contribution >= 0.6 is 11.5 Å². The van der Waals surface area contributed by atoms with Crippen LogP contribution in [0.2, 0.25) is 0 Å². The van der Waals surface area contributed by atoms with Crippen molar-refractivity contribution in [3.05, 3.63) is 28.4 Å². The smallest absolute Gasteiger partial charge is 0.267 e. The van der Waals surface area contributed by atoms with Gasteiger partial charge in [-0.25, -0.2) is 0 Å². The molecular formula is C17H22N6OS. The van der Waals surface area contributed by atoms with Gasteiger partial charge in [-0.2, -0.15) is 5.10 Å². The lowest BCUT2D eigenvalue weighted by molar-refractivity contribution is 0.0750. The maximum absolute atomic E-state index is 12.7. The van der Waals surface area contributed by atoms with Crippen molar-refractivity contribution in [2.75, 3.05) is 31.1 Å². The van der Waals surface area contributed by atoms with Crippen LogP contribution in [-0.4, -0.2) is 56.8 Å². The maximum atomic E-state index is 12.7. The second-order valence-corrected chi connectivity index (χ2v) is 7.42. The molecule has 1 amide bonds. The summed E-state index contributed by atoms with van der Waals surface area (Å²) in [6.07, 6.45) is 4.25. The molecule has 2 aromatic rings. The third-order valence-corrected chi connectivity index (χ3v) is 5.55. The number of rotatable bonds is 5. The summed E-state index contributed by atoms with van der Waals surface area (Å²) in [5.41, 5.74) is 1.94. The highest BCUT2D eigenvalue weighted by Gasteiger charge is 2.28. The van der Waals surface area contributed by atoms with E-state index < -0.39 is 0 Å². The van der Waals surface area contributed by atoms with Gasteiger partial charge in [-0.15, -0.1) is 10.2 Å². The summed E-state index contributed by atoms with van der Waals surface area (Å²) in [4.78, 5) is 17.5. The third kappa shape index (κ3) is 3.49. The molecule has 2 fully saturated rings. The van der Waals surface area contributed by atoms with Crippen molar-refractivity contribution in [1.29, 1.82) is 0 Å². The Labute approximate surface area is 151 Å². The van der Waals surface area contributed by atoms with E-state index in [0.717, 1.165) is 43.1 Å². The number of hydrogen-bond donors (Lipinski definition) is 0. The summed E-state index contributed by atoms with van der Waals surface area (Å²) in [6, 6.07) is 4.15. The first-order chi connectivity index (χ1) is 12.3. The monoisotopic (exact) mass is 358 g/mol. The van der Waals surface area contributed by atoms with Crippen LogP contribution in [0.15, 0.2) is 12.1 Å². The van der Waals surface area contributed by atoms with Crippen LogP contribution in [0.3, 0.4) is 0 Å². The van der Waals surface area contributed by atoms with E-state index in [4.69, 9.17) is 0 Å². The van der Waals surface area contributed by atoms with Crippen molar-refractivity contribution in [2.24, 2.45) is 0 Å². The SMILES string of the molecule is CCCc1nnsc1C(=O)N1CCN(c2ccc(C3CC3)nn2)CC1. The minimum absolute atomic E-state index is 0.0632. The van der Waals surface area contributed by atoms with Gasteiger partial charge in [0.15, 0.2) is 5.82 Å². The van der Waals surface area contributed by atoms with Gasteiger partial charge in [-0.3, -0.25) is 4.79 Å². The molecule has 2 aromatic heterocycles. The quantitative estimate of drug-likeness (QED) is 0.815. The normalized spacial score (nSPS) is 17.8. The second-order valence-electron chi connectivity index (χ2n) is 6.67. The number of piperazine rings is 1. The summed E-state index contributed by atoms with van der Waals surface area (Å²) in [7, 11) is 0.